The Morgan fingerprint density at radius 1 is 1.12 bits per heavy atom. The Morgan fingerprint density at radius 3 is 2.52 bits per heavy atom. The number of hydrogen-bond acceptors (Lipinski definition) is 2. The molecule has 0 radical (unpaired) electrons. The summed E-state index contributed by atoms with van der Waals surface area (Å²) in [4.78, 5) is 12.4. The van der Waals surface area contributed by atoms with Crippen LogP contribution in [0.3, 0.4) is 0 Å². The van der Waals surface area contributed by atoms with Gasteiger partial charge in [0.2, 0.25) is 0 Å². The first kappa shape index (κ1) is 19.6. The number of piperidine rings is 1. The molecule has 3 rings (SSSR count). The number of hydrogen-bond donors (Lipinski definition) is 2. The molecule has 0 saturated carbocycles. The van der Waals surface area contributed by atoms with Gasteiger partial charge in [0.1, 0.15) is 0 Å². The zero-order chi connectivity index (χ0) is 17.1. The summed E-state index contributed by atoms with van der Waals surface area (Å²) >= 11 is 5.83. The van der Waals surface area contributed by atoms with Crippen molar-refractivity contribution in [1.82, 2.24) is 10.6 Å². The molecular weight excluding hydrogens is 369 g/mol. The van der Waals surface area contributed by atoms with E-state index >= 15 is 0 Å². The first-order chi connectivity index (χ1) is 11.5. The van der Waals surface area contributed by atoms with Crippen molar-refractivity contribution in [2.75, 3.05) is 13.1 Å². The highest BCUT2D eigenvalue weighted by molar-refractivity contribution is 6.30. The van der Waals surface area contributed by atoms with Crippen molar-refractivity contribution >= 4 is 29.9 Å². The van der Waals surface area contributed by atoms with Gasteiger partial charge < -0.3 is 10.6 Å². The molecule has 1 aliphatic rings. The van der Waals surface area contributed by atoms with E-state index in [0.29, 0.717) is 22.7 Å². The molecule has 2 N–H and O–H groups in total. The molecule has 0 bridgehead atoms. The summed E-state index contributed by atoms with van der Waals surface area (Å²) in [5.41, 5.74) is 1.20. The molecule has 1 fully saturated rings. The van der Waals surface area contributed by atoms with E-state index in [1.807, 2.05) is 0 Å². The molecule has 134 valence electrons. The van der Waals surface area contributed by atoms with Crippen LogP contribution in [0.2, 0.25) is 5.02 Å². The van der Waals surface area contributed by atoms with Crippen LogP contribution in [-0.4, -0.2) is 25.0 Å². The van der Waals surface area contributed by atoms with Crippen LogP contribution >= 0.6 is 24.0 Å². The summed E-state index contributed by atoms with van der Waals surface area (Å²) in [6.07, 6.45) is 0.733. The maximum Gasteiger partial charge on any atom is 0.251 e. The monoisotopic (exact) mass is 386 g/mol. The van der Waals surface area contributed by atoms with Crippen LogP contribution < -0.4 is 10.6 Å². The van der Waals surface area contributed by atoms with Crippen LogP contribution in [-0.2, 0) is 0 Å². The summed E-state index contributed by atoms with van der Waals surface area (Å²) in [7, 11) is 0. The van der Waals surface area contributed by atoms with E-state index in [0.717, 1.165) is 19.0 Å². The molecule has 1 amide bonds. The van der Waals surface area contributed by atoms with Gasteiger partial charge >= 0.3 is 0 Å². The number of halogens is 4. The lowest BCUT2D eigenvalue weighted by Crippen LogP contribution is -2.50. The van der Waals surface area contributed by atoms with Gasteiger partial charge in [-0.3, -0.25) is 4.79 Å². The van der Waals surface area contributed by atoms with E-state index < -0.39 is 11.6 Å². The smallest absolute Gasteiger partial charge is 0.251 e. The lowest BCUT2D eigenvalue weighted by molar-refractivity contribution is 0.0924. The van der Waals surface area contributed by atoms with Gasteiger partial charge in [-0.1, -0.05) is 17.7 Å². The van der Waals surface area contributed by atoms with Crippen LogP contribution in [0.1, 0.15) is 28.3 Å². The largest absolute Gasteiger partial charge is 0.347 e. The third-order valence-electron chi connectivity index (χ3n) is 4.28. The highest BCUT2D eigenvalue weighted by Crippen LogP contribution is 2.27. The molecule has 0 aliphatic carbocycles. The van der Waals surface area contributed by atoms with Crippen molar-refractivity contribution in [2.24, 2.45) is 0 Å². The minimum absolute atomic E-state index is 0. The average molecular weight is 387 g/mol. The van der Waals surface area contributed by atoms with Crippen LogP contribution in [0, 0.1) is 11.6 Å². The molecule has 3 nitrogen and oxygen atoms in total. The molecule has 2 atom stereocenters. The second-order valence-electron chi connectivity index (χ2n) is 5.86. The quantitative estimate of drug-likeness (QED) is 0.839. The fourth-order valence-electron chi connectivity index (χ4n) is 3.01. The van der Waals surface area contributed by atoms with Gasteiger partial charge in [-0.15, -0.1) is 12.4 Å². The second kappa shape index (κ2) is 8.61. The van der Waals surface area contributed by atoms with Crippen LogP contribution in [0.4, 0.5) is 8.78 Å². The number of nitrogens with one attached hydrogen (secondary N) is 2. The van der Waals surface area contributed by atoms with Crippen LogP contribution in [0.5, 0.6) is 0 Å². The molecule has 7 heteroatoms. The Bertz CT molecular complexity index is 740. The number of amides is 1. The van der Waals surface area contributed by atoms with Crippen molar-refractivity contribution in [3.8, 4) is 0 Å². The third-order valence-corrected chi connectivity index (χ3v) is 4.53. The minimum Gasteiger partial charge on any atom is -0.347 e. The molecular formula is C18H18Cl2F2N2O. The normalized spacial score (nSPS) is 19.8. The standard InChI is InChI=1S/C18H17ClF2N2O.ClH/c19-13-4-1-11(2-5-13)18(24)23-17-10-22-8-7-14(17)12-3-6-15(20)16(21)9-12;/h1-6,9,14,17,22H,7-8,10H2,(H,23,24);1H. The van der Waals surface area contributed by atoms with Crippen molar-refractivity contribution in [3.63, 3.8) is 0 Å². The van der Waals surface area contributed by atoms with Crippen molar-refractivity contribution in [1.29, 1.82) is 0 Å². The first-order valence-electron chi connectivity index (χ1n) is 7.76. The fourth-order valence-corrected chi connectivity index (χ4v) is 3.13. The van der Waals surface area contributed by atoms with Gasteiger partial charge in [-0.2, -0.15) is 0 Å². The zero-order valence-electron chi connectivity index (χ0n) is 13.3. The lowest BCUT2D eigenvalue weighted by atomic mass is 9.85. The maximum atomic E-state index is 13.5. The Balaban J connectivity index is 0.00000225. The number of carbonyl (C=O) groups excluding carboxylic acids is 1. The number of benzene rings is 2. The molecule has 2 aromatic rings. The average Bonchev–Trinajstić information content (AvgIpc) is 2.58. The Labute approximate surface area is 156 Å². The molecule has 1 aliphatic heterocycles. The SMILES string of the molecule is Cl.O=C(NC1CNCCC1c1ccc(F)c(F)c1)c1ccc(Cl)cc1. The summed E-state index contributed by atoms with van der Waals surface area (Å²) in [6, 6.07) is 10.3. The number of rotatable bonds is 3. The fraction of sp³-hybridized carbons (Fsp3) is 0.278. The second-order valence-corrected chi connectivity index (χ2v) is 6.30. The van der Waals surface area contributed by atoms with E-state index in [4.69, 9.17) is 11.6 Å². The maximum absolute atomic E-state index is 13.5. The van der Waals surface area contributed by atoms with Gasteiger partial charge in [0, 0.05) is 29.1 Å². The molecule has 0 aromatic heterocycles. The van der Waals surface area contributed by atoms with Gasteiger partial charge in [0.15, 0.2) is 11.6 Å². The highest BCUT2D eigenvalue weighted by Gasteiger charge is 2.28. The summed E-state index contributed by atoms with van der Waals surface area (Å²) in [6.45, 7) is 1.33. The Kier molecular flexibility index (Phi) is 6.76. The predicted molar refractivity (Wildman–Crippen MR) is 96.5 cm³/mol. The van der Waals surface area contributed by atoms with E-state index in [1.54, 1.807) is 30.3 Å². The lowest BCUT2D eigenvalue weighted by Gasteiger charge is -2.33. The van der Waals surface area contributed by atoms with Gasteiger partial charge in [0.05, 0.1) is 0 Å². The Morgan fingerprint density at radius 2 is 1.84 bits per heavy atom. The van der Waals surface area contributed by atoms with Gasteiger partial charge in [-0.25, -0.2) is 8.78 Å². The zero-order valence-corrected chi connectivity index (χ0v) is 14.8. The van der Waals surface area contributed by atoms with Crippen LogP contribution in [0.15, 0.2) is 42.5 Å². The summed E-state index contributed by atoms with van der Waals surface area (Å²) < 4.78 is 26.7. The molecule has 1 saturated heterocycles. The molecule has 0 spiro atoms. The van der Waals surface area contributed by atoms with Crippen molar-refractivity contribution < 1.29 is 13.6 Å². The van der Waals surface area contributed by atoms with Gasteiger partial charge in [-0.05, 0) is 54.9 Å². The summed E-state index contributed by atoms with van der Waals surface area (Å²) in [5.74, 6) is -2.02. The van der Waals surface area contributed by atoms with Crippen molar-refractivity contribution in [3.05, 3.63) is 70.2 Å². The topological polar surface area (TPSA) is 41.1 Å². The van der Waals surface area contributed by atoms with E-state index in [2.05, 4.69) is 10.6 Å². The third kappa shape index (κ3) is 4.69. The van der Waals surface area contributed by atoms with Crippen molar-refractivity contribution in [2.45, 2.75) is 18.4 Å². The molecule has 2 unspecified atom stereocenters. The Hall–Kier alpha value is -1.69. The van der Waals surface area contributed by atoms with Gasteiger partial charge in [0.25, 0.3) is 5.91 Å². The van der Waals surface area contributed by atoms with E-state index in [9.17, 15) is 13.6 Å². The predicted octanol–water partition coefficient (Wildman–Crippen LogP) is 3.92. The molecule has 1 heterocycles. The first-order valence-corrected chi connectivity index (χ1v) is 8.14. The van der Waals surface area contributed by atoms with E-state index in [-0.39, 0.29) is 30.3 Å². The highest BCUT2D eigenvalue weighted by atomic mass is 35.5. The summed E-state index contributed by atoms with van der Waals surface area (Å²) in [5, 5.41) is 6.76. The molecule has 25 heavy (non-hydrogen) atoms. The van der Waals surface area contributed by atoms with Crippen LogP contribution in [0.25, 0.3) is 0 Å². The van der Waals surface area contributed by atoms with E-state index in [1.165, 1.54) is 6.07 Å². The number of carbonyl (C=O) groups is 1. The molecule has 2 aromatic carbocycles. The minimum atomic E-state index is -0.867.